The van der Waals surface area contributed by atoms with Gasteiger partial charge in [-0.3, -0.25) is 9.78 Å². The third-order valence-corrected chi connectivity index (χ3v) is 4.19. The van der Waals surface area contributed by atoms with Gasteiger partial charge in [0.15, 0.2) is 0 Å². The van der Waals surface area contributed by atoms with Gasteiger partial charge in [-0.05, 0) is 30.3 Å². The van der Waals surface area contributed by atoms with Gasteiger partial charge in [-0.1, -0.05) is 28.4 Å². The molecule has 3 rings (SSSR count). The van der Waals surface area contributed by atoms with Gasteiger partial charge in [0.05, 0.1) is 16.3 Å². The Morgan fingerprint density at radius 2 is 1.89 bits per heavy atom. The first-order chi connectivity index (χ1) is 13.2. The Bertz CT molecular complexity index is 991. The van der Waals surface area contributed by atoms with Crippen molar-refractivity contribution < 1.29 is 22.5 Å². The Labute approximate surface area is 166 Å². The Hall–Kier alpha value is -2.65. The standard InChI is InChI=1S/C17H11Cl2F3N4O2/c18-11-3-1-9(2-4-11)14-25-16(28-26-14)15(27)23-6-5-13-12(19)7-10(8-24-13)17(20,21)22/h1-4,7-8H,5-6H2,(H,23,27). The molecule has 2 heterocycles. The zero-order valence-electron chi connectivity index (χ0n) is 13.9. The molecular weight excluding hydrogens is 420 g/mol. The summed E-state index contributed by atoms with van der Waals surface area (Å²) in [5.41, 5.74) is -0.0961. The second kappa shape index (κ2) is 8.15. The maximum Gasteiger partial charge on any atom is 0.417 e. The van der Waals surface area contributed by atoms with Crippen molar-refractivity contribution >= 4 is 29.1 Å². The summed E-state index contributed by atoms with van der Waals surface area (Å²) in [7, 11) is 0. The fourth-order valence-electron chi connectivity index (χ4n) is 2.21. The number of nitrogens with one attached hydrogen (secondary N) is 1. The predicted molar refractivity (Wildman–Crippen MR) is 95.0 cm³/mol. The monoisotopic (exact) mass is 430 g/mol. The fourth-order valence-corrected chi connectivity index (χ4v) is 2.59. The van der Waals surface area contributed by atoms with Gasteiger partial charge in [0.25, 0.3) is 0 Å². The van der Waals surface area contributed by atoms with E-state index >= 15 is 0 Å². The molecule has 0 saturated carbocycles. The van der Waals surface area contributed by atoms with Crippen molar-refractivity contribution in [1.29, 1.82) is 0 Å². The number of nitrogens with zero attached hydrogens (tertiary/aromatic N) is 3. The van der Waals surface area contributed by atoms with Crippen molar-refractivity contribution in [3.8, 4) is 11.4 Å². The number of amides is 1. The maximum absolute atomic E-state index is 12.6. The van der Waals surface area contributed by atoms with Gasteiger partial charge < -0.3 is 9.84 Å². The molecular formula is C17H11Cl2F3N4O2. The topological polar surface area (TPSA) is 80.9 Å². The largest absolute Gasteiger partial charge is 0.417 e. The lowest BCUT2D eigenvalue weighted by Gasteiger charge is -2.09. The van der Waals surface area contributed by atoms with E-state index in [1.807, 2.05) is 0 Å². The third-order valence-electron chi connectivity index (χ3n) is 3.61. The van der Waals surface area contributed by atoms with Crippen LogP contribution in [0.3, 0.4) is 0 Å². The average Bonchev–Trinajstić information content (AvgIpc) is 3.13. The van der Waals surface area contributed by atoms with Crippen LogP contribution in [0.4, 0.5) is 13.2 Å². The molecule has 0 aliphatic carbocycles. The number of carbonyl (C=O) groups is 1. The molecule has 0 aliphatic rings. The summed E-state index contributed by atoms with van der Waals surface area (Å²) in [5.74, 6) is -0.665. The number of halogens is 5. The average molecular weight is 431 g/mol. The summed E-state index contributed by atoms with van der Waals surface area (Å²) in [6.45, 7) is 0.0651. The Morgan fingerprint density at radius 1 is 1.18 bits per heavy atom. The smallest absolute Gasteiger partial charge is 0.347 e. The quantitative estimate of drug-likeness (QED) is 0.647. The highest BCUT2D eigenvalue weighted by Gasteiger charge is 2.31. The van der Waals surface area contributed by atoms with Gasteiger partial charge in [0, 0.05) is 29.7 Å². The zero-order valence-corrected chi connectivity index (χ0v) is 15.4. The molecule has 0 spiro atoms. The van der Waals surface area contributed by atoms with Crippen LogP contribution in [0.25, 0.3) is 11.4 Å². The normalized spacial score (nSPS) is 11.5. The summed E-state index contributed by atoms with van der Waals surface area (Å²) in [6, 6.07) is 7.43. The van der Waals surface area contributed by atoms with E-state index in [4.69, 9.17) is 27.7 Å². The molecule has 0 bridgehead atoms. The summed E-state index contributed by atoms with van der Waals surface area (Å²) in [5, 5.41) is 6.65. The number of alkyl halides is 3. The number of pyridine rings is 1. The van der Waals surface area contributed by atoms with Crippen LogP contribution in [0.15, 0.2) is 41.1 Å². The molecule has 28 heavy (non-hydrogen) atoms. The molecule has 0 unspecified atom stereocenters. The van der Waals surface area contributed by atoms with Crippen molar-refractivity contribution in [2.75, 3.05) is 6.54 Å². The Morgan fingerprint density at radius 3 is 2.54 bits per heavy atom. The van der Waals surface area contributed by atoms with Crippen LogP contribution in [-0.2, 0) is 12.6 Å². The zero-order chi connectivity index (χ0) is 20.3. The van der Waals surface area contributed by atoms with Gasteiger partial charge in [0.2, 0.25) is 5.82 Å². The molecule has 0 radical (unpaired) electrons. The number of hydrogen-bond acceptors (Lipinski definition) is 5. The summed E-state index contributed by atoms with van der Waals surface area (Å²) >= 11 is 11.6. The van der Waals surface area contributed by atoms with E-state index in [-0.39, 0.29) is 35.4 Å². The van der Waals surface area contributed by atoms with Crippen LogP contribution in [0.2, 0.25) is 10.0 Å². The van der Waals surface area contributed by atoms with E-state index < -0.39 is 17.6 Å². The van der Waals surface area contributed by atoms with Crippen LogP contribution in [-0.4, -0.2) is 27.6 Å². The first kappa shape index (κ1) is 20.1. The van der Waals surface area contributed by atoms with Gasteiger partial charge >= 0.3 is 18.0 Å². The van der Waals surface area contributed by atoms with E-state index in [2.05, 4.69) is 20.4 Å². The third kappa shape index (κ3) is 4.79. The van der Waals surface area contributed by atoms with Crippen LogP contribution in [0, 0.1) is 0 Å². The molecule has 6 nitrogen and oxygen atoms in total. The van der Waals surface area contributed by atoms with E-state index in [0.29, 0.717) is 16.8 Å². The van der Waals surface area contributed by atoms with Crippen molar-refractivity contribution in [2.24, 2.45) is 0 Å². The highest BCUT2D eigenvalue weighted by Crippen LogP contribution is 2.31. The van der Waals surface area contributed by atoms with Gasteiger partial charge in [-0.15, -0.1) is 0 Å². The second-order valence-corrected chi connectivity index (χ2v) is 6.43. The lowest BCUT2D eigenvalue weighted by molar-refractivity contribution is -0.137. The lowest BCUT2D eigenvalue weighted by Crippen LogP contribution is -2.26. The van der Waals surface area contributed by atoms with Crippen LogP contribution in [0.5, 0.6) is 0 Å². The van der Waals surface area contributed by atoms with E-state index in [0.717, 1.165) is 6.07 Å². The Kier molecular flexibility index (Phi) is 5.85. The number of benzene rings is 1. The second-order valence-electron chi connectivity index (χ2n) is 5.59. The van der Waals surface area contributed by atoms with Crippen LogP contribution < -0.4 is 5.32 Å². The summed E-state index contributed by atoms with van der Waals surface area (Å²) in [6.07, 6.45) is -3.70. The van der Waals surface area contributed by atoms with Gasteiger partial charge in [-0.25, -0.2) is 0 Å². The molecule has 1 amide bonds. The summed E-state index contributed by atoms with van der Waals surface area (Å²) < 4.78 is 42.7. The molecule has 0 saturated heterocycles. The van der Waals surface area contributed by atoms with E-state index in [1.54, 1.807) is 24.3 Å². The number of hydrogen-bond donors (Lipinski definition) is 1. The molecule has 0 aliphatic heterocycles. The lowest BCUT2D eigenvalue weighted by atomic mass is 10.2. The van der Waals surface area contributed by atoms with Crippen molar-refractivity contribution in [3.63, 3.8) is 0 Å². The minimum absolute atomic E-state index is 0.0651. The highest BCUT2D eigenvalue weighted by atomic mass is 35.5. The number of aromatic nitrogens is 3. The fraction of sp³-hybridized carbons (Fsp3) is 0.176. The Balaban J connectivity index is 1.58. The van der Waals surface area contributed by atoms with Crippen molar-refractivity contribution in [2.45, 2.75) is 12.6 Å². The van der Waals surface area contributed by atoms with Crippen LogP contribution >= 0.6 is 23.2 Å². The molecule has 0 atom stereocenters. The van der Waals surface area contributed by atoms with Crippen molar-refractivity contribution in [1.82, 2.24) is 20.4 Å². The molecule has 11 heteroatoms. The van der Waals surface area contributed by atoms with E-state index in [9.17, 15) is 18.0 Å². The first-order valence-corrected chi connectivity index (χ1v) is 8.59. The van der Waals surface area contributed by atoms with Crippen LogP contribution in [0.1, 0.15) is 21.9 Å². The van der Waals surface area contributed by atoms with Crippen molar-refractivity contribution in [3.05, 3.63) is 63.7 Å². The summed E-state index contributed by atoms with van der Waals surface area (Å²) in [4.78, 5) is 19.8. The molecule has 1 N–H and O–H groups in total. The van der Waals surface area contributed by atoms with Gasteiger partial charge in [0.1, 0.15) is 0 Å². The molecule has 1 aromatic carbocycles. The molecule has 146 valence electrons. The number of carbonyl (C=O) groups excluding carboxylic acids is 1. The number of rotatable bonds is 5. The minimum atomic E-state index is -4.52. The first-order valence-electron chi connectivity index (χ1n) is 7.83. The minimum Gasteiger partial charge on any atom is -0.347 e. The van der Waals surface area contributed by atoms with Gasteiger partial charge in [-0.2, -0.15) is 18.2 Å². The molecule has 2 aromatic heterocycles. The van der Waals surface area contributed by atoms with E-state index in [1.165, 1.54) is 0 Å². The molecule has 0 fully saturated rings. The SMILES string of the molecule is O=C(NCCc1ncc(C(F)(F)F)cc1Cl)c1nc(-c2ccc(Cl)cc2)no1. The molecule has 3 aromatic rings. The predicted octanol–water partition coefficient (Wildman–Crippen LogP) is 4.43. The maximum atomic E-state index is 12.6. The highest BCUT2D eigenvalue weighted by molar-refractivity contribution is 6.31.